The minimum atomic E-state index is -0.434. The van der Waals surface area contributed by atoms with Gasteiger partial charge >= 0.3 is 0 Å². The van der Waals surface area contributed by atoms with E-state index in [0.717, 1.165) is 44.2 Å². The number of rotatable bonds is 7. The normalized spacial score (nSPS) is 21.7. The van der Waals surface area contributed by atoms with Crippen molar-refractivity contribution in [1.29, 1.82) is 0 Å². The molecule has 0 unspecified atom stereocenters. The summed E-state index contributed by atoms with van der Waals surface area (Å²) < 4.78 is 11.0. The first-order chi connectivity index (χ1) is 14.6. The van der Waals surface area contributed by atoms with Crippen LogP contribution in [0.2, 0.25) is 0 Å². The van der Waals surface area contributed by atoms with Crippen molar-refractivity contribution in [3.63, 3.8) is 0 Å². The number of ether oxygens (including phenoxy) is 2. The zero-order chi connectivity index (χ0) is 22.6. The molecule has 1 aromatic carbocycles. The fourth-order valence-corrected chi connectivity index (χ4v) is 5.08. The number of Topliss-reactive ketones (excluding diaryl/α,β-unsaturated/α-hetero) is 1. The van der Waals surface area contributed by atoms with Crippen LogP contribution in [-0.4, -0.2) is 90.5 Å². The molecule has 2 aliphatic rings. The molecule has 172 valence electrons. The van der Waals surface area contributed by atoms with Crippen LogP contribution >= 0.6 is 0 Å². The summed E-state index contributed by atoms with van der Waals surface area (Å²) >= 11 is 0. The molecule has 0 aromatic heterocycles. The Morgan fingerprint density at radius 1 is 0.903 bits per heavy atom. The molecule has 2 fully saturated rings. The van der Waals surface area contributed by atoms with Gasteiger partial charge in [-0.1, -0.05) is 0 Å². The lowest BCUT2D eigenvalue weighted by atomic mass is 9.79. The Morgan fingerprint density at radius 2 is 1.42 bits per heavy atom. The lowest BCUT2D eigenvalue weighted by molar-refractivity contribution is -0.154. The predicted molar refractivity (Wildman–Crippen MR) is 121 cm³/mol. The zero-order valence-corrected chi connectivity index (χ0v) is 19.6. The van der Waals surface area contributed by atoms with Crippen LogP contribution in [0.4, 0.5) is 0 Å². The second kappa shape index (κ2) is 9.57. The number of ketones is 1. The molecule has 0 bridgehead atoms. The molecule has 31 heavy (non-hydrogen) atoms. The van der Waals surface area contributed by atoms with Gasteiger partial charge < -0.3 is 14.4 Å². The van der Waals surface area contributed by atoms with E-state index in [1.807, 2.05) is 56.9 Å². The van der Waals surface area contributed by atoms with Crippen molar-refractivity contribution >= 4 is 11.7 Å². The lowest BCUT2D eigenvalue weighted by Gasteiger charge is -2.52. The van der Waals surface area contributed by atoms with Gasteiger partial charge in [0, 0.05) is 56.6 Å². The maximum Gasteiger partial charge on any atom is 0.237 e. The molecule has 0 aliphatic carbocycles. The smallest absolute Gasteiger partial charge is 0.237 e. The number of hydrogen-bond acceptors (Lipinski definition) is 6. The summed E-state index contributed by atoms with van der Waals surface area (Å²) in [5.74, 6) is 2.03. The highest BCUT2D eigenvalue weighted by Gasteiger charge is 2.47. The van der Waals surface area contributed by atoms with Crippen molar-refractivity contribution in [2.45, 2.75) is 51.6 Å². The molecule has 0 spiro atoms. The first-order valence-electron chi connectivity index (χ1n) is 11.2. The van der Waals surface area contributed by atoms with E-state index in [-0.39, 0.29) is 11.7 Å². The summed E-state index contributed by atoms with van der Waals surface area (Å²) in [6.45, 7) is 13.5. The second-order valence-corrected chi connectivity index (χ2v) is 9.89. The van der Waals surface area contributed by atoms with E-state index < -0.39 is 11.1 Å². The van der Waals surface area contributed by atoms with Crippen LogP contribution in [0.5, 0.6) is 11.5 Å². The highest BCUT2D eigenvalue weighted by molar-refractivity contribution is 5.87. The van der Waals surface area contributed by atoms with Gasteiger partial charge in [0.25, 0.3) is 0 Å². The predicted octanol–water partition coefficient (Wildman–Crippen LogP) is 2.44. The summed E-state index contributed by atoms with van der Waals surface area (Å²) in [7, 11) is 1.65. The molecule has 2 heterocycles. The molecule has 3 rings (SSSR count). The van der Waals surface area contributed by atoms with Gasteiger partial charge in [0.1, 0.15) is 23.9 Å². The molecule has 2 saturated heterocycles. The topological polar surface area (TPSA) is 62.3 Å². The van der Waals surface area contributed by atoms with Gasteiger partial charge in [-0.25, -0.2) is 0 Å². The number of hydrogen-bond donors (Lipinski definition) is 0. The Morgan fingerprint density at radius 3 is 1.97 bits per heavy atom. The van der Waals surface area contributed by atoms with E-state index in [4.69, 9.17) is 9.47 Å². The summed E-state index contributed by atoms with van der Waals surface area (Å²) in [6, 6.07) is 7.62. The molecular formula is C24H37N3O4. The average molecular weight is 432 g/mol. The molecule has 0 radical (unpaired) electrons. The van der Waals surface area contributed by atoms with Crippen molar-refractivity contribution in [3.8, 4) is 11.5 Å². The van der Waals surface area contributed by atoms with Gasteiger partial charge in [-0.2, -0.15) is 0 Å². The summed E-state index contributed by atoms with van der Waals surface area (Å²) in [5, 5.41) is 0. The maximum absolute atomic E-state index is 13.2. The number of benzene rings is 1. The Bertz CT molecular complexity index is 748. The van der Waals surface area contributed by atoms with Crippen LogP contribution in [0.25, 0.3) is 0 Å². The van der Waals surface area contributed by atoms with Crippen LogP contribution in [0.1, 0.15) is 40.5 Å². The quantitative estimate of drug-likeness (QED) is 0.661. The number of carbonyl (C=O) groups is 2. The molecular weight excluding hydrogens is 394 g/mol. The fourth-order valence-electron chi connectivity index (χ4n) is 5.08. The third-order valence-corrected chi connectivity index (χ3v) is 6.28. The number of piperazine rings is 1. The number of likely N-dealkylation sites (tertiary alicyclic amines) is 1. The average Bonchev–Trinajstić information content (AvgIpc) is 2.67. The Hall–Kier alpha value is -2.12. The van der Waals surface area contributed by atoms with Crippen LogP contribution in [0.15, 0.2) is 24.3 Å². The van der Waals surface area contributed by atoms with Gasteiger partial charge in [-0.15, -0.1) is 0 Å². The minimum Gasteiger partial charge on any atom is -0.497 e. The van der Waals surface area contributed by atoms with Gasteiger partial charge in [0.2, 0.25) is 5.91 Å². The van der Waals surface area contributed by atoms with Crippen molar-refractivity contribution in [2.75, 3.05) is 53.0 Å². The highest BCUT2D eigenvalue weighted by Crippen LogP contribution is 2.36. The first-order valence-corrected chi connectivity index (χ1v) is 11.2. The van der Waals surface area contributed by atoms with E-state index in [1.54, 1.807) is 7.11 Å². The monoisotopic (exact) mass is 431 g/mol. The van der Waals surface area contributed by atoms with Gasteiger partial charge in [-0.05, 0) is 52.0 Å². The van der Waals surface area contributed by atoms with Gasteiger partial charge in [0.05, 0.1) is 13.7 Å². The van der Waals surface area contributed by atoms with Crippen LogP contribution < -0.4 is 9.47 Å². The molecule has 1 aromatic rings. The van der Waals surface area contributed by atoms with Crippen LogP contribution in [-0.2, 0) is 9.59 Å². The standard InChI is InChI=1S/C24H37N3O4/c1-23(2)16-19(28)17-24(3,4)27(23)22(29)18-26-12-10-25(11-13-26)14-15-31-21-8-6-20(30-5)7-9-21/h6-9H,10-18H2,1-5H3. The van der Waals surface area contributed by atoms with Gasteiger partial charge in [0.15, 0.2) is 0 Å². The maximum atomic E-state index is 13.2. The van der Waals surface area contributed by atoms with Crippen LogP contribution in [0, 0.1) is 0 Å². The number of carbonyl (C=O) groups excluding carboxylic acids is 2. The second-order valence-electron chi connectivity index (χ2n) is 9.89. The van der Waals surface area contributed by atoms with Crippen molar-refractivity contribution in [1.82, 2.24) is 14.7 Å². The Labute approximate surface area is 186 Å². The summed E-state index contributed by atoms with van der Waals surface area (Å²) in [6.07, 6.45) is 0.869. The molecule has 1 amide bonds. The largest absolute Gasteiger partial charge is 0.497 e. The fraction of sp³-hybridized carbons (Fsp3) is 0.667. The molecule has 7 nitrogen and oxygen atoms in total. The van der Waals surface area contributed by atoms with Crippen molar-refractivity contribution < 1.29 is 19.1 Å². The van der Waals surface area contributed by atoms with Crippen molar-refractivity contribution in [3.05, 3.63) is 24.3 Å². The summed E-state index contributed by atoms with van der Waals surface area (Å²) in [4.78, 5) is 31.9. The highest BCUT2D eigenvalue weighted by atomic mass is 16.5. The Balaban J connectivity index is 1.43. The third-order valence-electron chi connectivity index (χ3n) is 6.28. The van der Waals surface area contributed by atoms with Gasteiger partial charge in [-0.3, -0.25) is 19.4 Å². The van der Waals surface area contributed by atoms with E-state index in [9.17, 15) is 9.59 Å². The molecule has 0 N–H and O–H groups in total. The minimum absolute atomic E-state index is 0.124. The summed E-state index contributed by atoms with van der Waals surface area (Å²) in [5.41, 5.74) is -0.868. The van der Waals surface area contributed by atoms with E-state index in [0.29, 0.717) is 26.0 Å². The molecule has 2 aliphatic heterocycles. The third kappa shape index (κ3) is 5.98. The van der Waals surface area contributed by atoms with E-state index in [2.05, 4.69) is 9.80 Å². The first kappa shape index (κ1) is 23.5. The van der Waals surface area contributed by atoms with Crippen molar-refractivity contribution in [2.24, 2.45) is 0 Å². The van der Waals surface area contributed by atoms with Crippen LogP contribution in [0.3, 0.4) is 0 Å². The number of piperidine rings is 1. The Kier molecular flexibility index (Phi) is 7.27. The number of methoxy groups -OCH3 is 1. The number of amides is 1. The zero-order valence-electron chi connectivity index (χ0n) is 19.6. The molecule has 0 atom stereocenters. The molecule has 7 heteroatoms. The van der Waals surface area contributed by atoms with E-state index >= 15 is 0 Å². The van der Waals surface area contributed by atoms with E-state index in [1.165, 1.54) is 0 Å². The molecule has 0 saturated carbocycles. The SMILES string of the molecule is COc1ccc(OCCN2CCN(CC(=O)N3C(C)(C)CC(=O)CC3(C)C)CC2)cc1. The number of nitrogens with zero attached hydrogens (tertiary/aromatic N) is 3. The lowest BCUT2D eigenvalue weighted by Crippen LogP contribution is -2.65.